The highest BCUT2D eigenvalue weighted by Gasteiger charge is 2.54. The van der Waals surface area contributed by atoms with Gasteiger partial charge in [0.15, 0.2) is 5.13 Å². The molecule has 0 saturated carbocycles. The number of carboxylic acids is 1. The molecular weight excluding hydrogens is 598 g/mol. The molecule has 3 atom stereocenters. The van der Waals surface area contributed by atoms with Gasteiger partial charge in [-0.2, -0.15) is 0 Å². The molecule has 3 heterocycles. The third kappa shape index (κ3) is 10.2. The number of thioether (sulfide) groups is 1. The highest BCUT2D eigenvalue weighted by Crippen LogP contribution is 2.40. The van der Waals surface area contributed by atoms with E-state index in [9.17, 15) is 29.1 Å². The van der Waals surface area contributed by atoms with Gasteiger partial charge in [-0.25, -0.2) is 14.6 Å². The predicted molar refractivity (Wildman–Crippen MR) is 164 cm³/mol. The number of unbranched alkanes of at least 4 members (excludes halogenated alkanes) is 9. The summed E-state index contributed by atoms with van der Waals surface area (Å²) in [6.45, 7) is 1.88. The van der Waals surface area contributed by atoms with Crippen molar-refractivity contribution in [3.05, 3.63) is 22.3 Å². The topological polar surface area (TPSA) is 207 Å². The standard InChI is InChI=1S/C28H42N6O7S2/c1-2-3-4-5-6-7-8-9-10-11-12-19(29)23(36)33-28-31-18(16-43-28)13-20(35)32-21-24(37)34-22(26(38)39)17(14-41-27(30)40)15-42-25(21)34/h16,19,21,25H,2-15,29H2,1H3,(H2,30,40)(H,32,35)(H,38,39)(H,31,33,36)/t19?,21-,25-/m1/s1/i28+2. The molecule has 0 radical (unpaired) electrons. The Balaban J connectivity index is 1.38. The highest BCUT2D eigenvalue weighted by molar-refractivity contribution is 8.00. The zero-order valence-corrected chi connectivity index (χ0v) is 26.1. The lowest BCUT2D eigenvalue weighted by atomic mass is 10.0. The molecule has 238 valence electrons. The summed E-state index contributed by atoms with van der Waals surface area (Å²) >= 11 is 2.42. The van der Waals surface area contributed by atoms with Gasteiger partial charge >= 0.3 is 12.1 Å². The first-order chi connectivity index (χ1) is 20.6. The van der Waals surface area contributed by atoms with E-state index in [1.54, 1.807) is 5.38 Å². The molecular formula is C28H42N6O7S2. The summed E-state index contributed by atoms with van der Waals surface area (Å²) in [5.74, 6) is -2.53. The Bertz CT molecular complexity index is 1190. The Labute approximate surface area is 259 Å². The normalized spacial score (nSPS) is 18.5. The van der Waals surface area contributed by atoms with Crippen LogP contribution in [-0.2, 0) is 30.3 Å². The van der Waals surface area contributed by atoms with Crippen LogP contribution in [0.25, 0.3) is 0 Å². The van der Waals surface area contributed by atoms with E-state index in [2.05, 4.69) is 22.5 Å². The van der Waals surface area contributed by atoms with Gasteiger partial charge < -0.3 is 31.9 Å². The van der Waals surface area contributed by atoms with E-state index in [0.29, 0.717) is 17.2 Å². The van der Waals surface area contributed by atoms with Crippen LogP contribution in [0.15, 0.2) is 16.7 Å². The average molecular weight is 641 g/mol. The number of hydrogen-bond donors (Lipinski definition) is 5. The molecule has 1 unspecified atom stereocenters. The van der Waals surface area contributed by atoms with E-state index in [0.717, 1.165) is 24.2 Å². The first-order valence-electron chi connectivity index (χ1n) is 14.7. The van der Waals surface area contributed by atoms with Gasteiger partial charge in [0.1, 0.15) is 23.7 Å². The van der Waals surface area contributed by atoms with Crippen molar-refractivity contribution in [1.82, 2.24) is 15.2 Å². The van der Waals surface area contributed by atoms with Crippen LogP contribution in [0.3, 0.4) is 0 Å². The van der Waals surface area contributed by atoms with Crippen molar-refractivity contribution in [3.8, 4) is 0 Å². The van der Waals surface area contributed by atoms with Gasteiger partial charge in [0, 0.05) is 16.7 Å². The lowest BCUT2D eigenvalue weighted by Gasteiger charge is -2.49. The van der Waals surface area contributed by atoms with E-state index in [1.165, 1.54) is 68.0 Å². The molecule has 0 spiro atoms. The number of nitrogens with zero attached hydrogens (tertiary/aromatic N) is 2. The molecule has 2 aliphatic rings. The molecule has 0 bridgehead atoms. The second kappa shape index (κ2) is 17.2. The predicted octanol–water partition coefficient (Wildman–Crippen LogP) is 3.10. The summed E-state index contributed by atoms with van der Waals surface area (Å²) in [5, 5.41) is 16.3. The minimum Gasteiger partial charge on any atom is -0.477 e. The number of nitrogens with two attached hydrogens (primary N) is 2. The number of primary amides is 1. The Hall–Kier alpha value is -3.17. The first kappa shape index (κ1) is 34.3. The fourth-order valence-electron chi connectivity index (χ4n) is 4.97. The number of β-lactam (4-membered cyclic amide) rings is 1. The number of carboxylic acid groups (broad SMARTS) is 1. The quantitative estimate of drug-likeness (QED) is 0.110. The number of hydrogen-bond acceptors (Lipinski definition) is 10. The lowest BCUT2D eigenvalue weighted by molar-refractivity contribution is -0.150. The summed E-state index contributed by atoms with van der Waals surface area (Å²) < 4.78 is 4.70. The third-order valence-electron chi connectivity index (χ3n) is 7.28. The molecule has 7 N–H and O–H groups in total. The maximum atomic E-state index is 12.8. The molecule has 2 aliphatic heterocycles. The van der Waals surface area contributed by atoms with Gasteiger partial charge in [0.2, 0.25) is 11.8 Å². The van der Waals surface area contributed by atoms with Crippen LogP contribution in [0.1, 0.15) is 83.2 Å². The van der Waals surface area contributed by atoms with Crippen LogP contribution in [-0.4, -0.2) is 74.6 Å². The van der Waals surface area contributed by atoms with Crippen LogP contribution in [0, 0.1) is 0 Å². The number of anilines is 1. The van der Waals surface area contributed by atoms with Gasteiger partial charge in [0.25, 0.3) is 5.91 Å². The Morgan fingerprint density at radius 3 is 2.42 bits per heavy atom. The van der Waals surface area contributed by atoms with Crippen molar-refractivity contribution in [3.63, 3.8) is 0 Å². The van der Waals surface area contributed by atoms with Gasteiger partial charge in [-0.1, -0.05) is 71.1 Å². The zero-order chi connectivity index (χ0) is 31.4. The molecule has 0 aliphatic carbocycles. The van der Waals surface area contributed by atoms with Crippen molar-refractivity contribution < 1.29 is 33.8 Å². The minimum absolute atomic E-state index is 0.127. The molecule has 13 nitrogen and oxygen atoms in total. The van der Waals surface area contributed by atoms with Crippen molar-refractivity contribution in [1.29, 1.82) is 0 Å². The van der Waals surface area contributed by atoms with Gasteiger partial charge in [-0.05, 0) is 6.42 Å². The Morgan fingerprint density at radius 2 is 1.79 bits per heavy atom. The second-order valence-corrected chi connectivity index (χ2v) is 12.7. The van der Waals surface area contributed by atoms with Crippen LogP contribution >= 0.6 is 23.1 Å². The van der Waals surface area contributed by atoms with Crippen LogP contribution in [0.2, 0.25) is 0 Å². The Morgan fingerprint density at radius 1 is 1.14 bits per heavy atom. The second-order valence-electron chi connectivity index (χ2n) is 10.7. The van der Waals surface area contributed by atoms with E-state index in [4.69, 9.17) is 16.2 Å². The van der Waals surface area contributed by atoms with Crippen molar-refractivity contribution in [2.45, 2.75) is 101 Å². The number of fused-ring (bicyclic) bond motifs is 1. The smallest absolute Gasteiger partial charge is 0.404 e. The number of ether oxygens (including phenoxy) is 1. The van der Waals surface area contributed by atoms with Crippen molar-refractivity contribution in [2.75, 3.05) is 17.7 Å². The molecule has 1 saturated heterocycles. The maximum absolute atomic E-state index is 12.8. The van der Waals surface area contributed by atoms with E-state index < -0.39 is 41.3 Å². The highest BCUT2D eigenvalue weighted by atomic mass is 32.2. The monoisotopic (exact) mass is 640 g/mol. The summed E-state index contributed by atoms with van der Waals surface area (Å²) in [5.41, 5.74) is 11.4. The van der Waals surface area contributed by atoms with Crippen molar-refractivity contribution >= 4 is 58.0 Å². The largest absolute Gasteiger partial charge is 0.477 e. The third-order valence-corrected chi connectivity index (χ3v) is 9.43. The average Bonchev–Trinajstić information content (AvgIpc) is 3.40. The Kier molecular flexibility index (Phi) is 13.7. The number of nitrogens with one attached hydrogen (secondary N) is 2. The number of aliphatic carboxylic acids is 1. The molecule has 43 heavy (non-hydrogen) atoms. The fraction of sp³-hybridized carbons (Fsp3) is 0.643. The minimum atomic E-state index is -1.34. The number of carbonyl (C=O) groups is 5. The summed E-state index contributed by atoms with van der Waals surface area (Å²) in [6, 6.07) is -1.55. The number of rotatable bonds is 19. The number of thiazole rings is 1. The van der Waals surface area contributed by atoms with E-state index in [1.807, 2.05) is 0 Å². The molecule has 3 rings (SSSR count). The number of aromatic nitrogens is 1. The summed E-state index contributed by atoms with van der Waals surface area (Å²) in [6.07, 6.45) is 11.5. The van der Waals surface area contributed by atoms with Gasteiger partial charge in [-0.15, -0.1) is 23.1 Å². The molecule has 1 fully saturated rings. The fourth-order valence-corrected chi connectivity index (χ4v) is 7.01. The number of carbonyl (C=O) groups excluding carboxylic acids is 4. The van der Waals surface area contributed by atoms with Crippen LogP contribution < -0.4 is 22.1 Å². The van der Waals surface area contributed by atoms with Crippen molar-refractivity contribution in [2.24, 2.45) is 11.5 Å². The first-order valence-corrected chi connectivity index (χ1v) is 16.7. The van der Waals surface area contributed by atoms with E-state index >= 15 is 0 Å². The molecule has 0 aromatic carbocycles. The van der Waals surface area contributed by atoms with Gasteiger partial charge in [-0.3, -0.25) is 19.3 Å². The van der Waals surface area contributed by atoms with Crippen LogP contribution in [0.5, 0.6) is 0 Å². The van der Waals surface area contributed by atoms with E-state index in [-0.39, 0.29) is 36.0 Å². The van der Waals surface area contributed by atoms with Gasteiger partial charge in [0.05, 0.1) is 18.2 Å². The lowest BCUT2D eigenvalue weighted by Crippen LogP contribution is -2.70. The number of amides is 4. The molecule has 1 aromatic heterocycles. The molecule has 4 amide bonds. The zero-order valence-electron chi connectivity index (χ0n) is 24.5. The van der Waals surface area contributed by atoms with Crippen LogP contribution in [0.4, 0.5) is 9.93 Å². The SMILES string of the molecule is CCCCCCCCCCCCC(N)C(=O)N[14c]1nc(CC(=O)N[C@@H]2C(=O)N3C(C(=O)O)=C(COC(N)=O)CS[C@H]23)cs1. The molecule has 1 aromatic rings. The summed E-state index contributed by atoms with van der Waals surface area (Å²) in [4.78, 5) is 66.0. The summed E-state index contributed by atoms with van der Waals surface area (Å²) in [7, 11) is 0. The maximum Gasteiger partial charge on any atom is 0.404 e. The molecule has 15 heteroatoms.